The summed E-state index contributed by atoms with van der Waals surface area (Å²) in [6, 6.07) is 8.17. The second kappa shape index (κ2) is 3.34. The molecule has 0 aromatic heterocycles. The van der Waals surface area contributed by atoms with E-state index in [1.54, 1.807) is 11.8 Å². The molecule has 0 bridgehead atoms. The molecule has 1 aromatic carbocycles. The molecule has 3 heteroatoms. The Morgan fingerprint density at radius 2 is 2.23 bits per heavy atom. The van der Waals surface area contributed by atoms with Gasteiger partial charge in [0.05, 0.1) is 5.69 Å². The first kappa shape index (κ1) is 8.51. The van der Waals surface area contributed by atoms with Gasteiger partial charge in [0.25, 0.3) is 0 Å². The Morgan fingerprint density at radius 3 is 2.92 bits per heavy atom. The average molecular weight is 193 g/mol. The van der Waals surface area contributed by atoms with Gasteiger partial charge in [-0.25, -0.2) is 0 Å². The molecular formula is C10H11NOS. The topological polar surface area (TPSA) is 23.5 Å². The van der Waals surface area contributed by atoms with E-state index >= 15 is 0 Å². The van der Waals surface area contributed by atoms with Crippen molar-refractivity contribution in [2.45, 2.75) is 11.8 Å². The molecule has 0 aliphatic carbocycles. The van der Waals surface area contributed by atoms with Gasteiger partial charge in [-0.15, -0.1) is 0 Å². The van der Waals surface area contributed by atoms with Crippen LogP contribution in [-0.4, -0.2) is 11.7 Å². The van der Waals surface area contributed by atoms with Gasteiger partial charge in [0.15, 0.2) is 0 Å². The van der Waals surface area contributed by atoms with Crippen molar-refractivity contribution in [3.63, 3.8) is 0 Å². The molecule has 0 saturated heterocycles. The number of fused-ring (bicyclic) bond motifs is 1. The molecule has 1 aliphatic heterocycles. The van der Waals surface area contributed by atoms with Crippen LogP contribution in [0, 0.1) is 0 Å². The van der Waals surface area contributed by atoms with E-state index in [9.17, 15) is 0 Å². The van der Waals surface area contributed by atoms with E-state index in [2.05, 4.69) is 24.0 Å². The van der Waals surface area contributed by atoms with E-state index in [-0.39, 0.29) is 0 Å². The van der Waals surface area contributed by atoms with Crippen LogP contribution in [0.4, 0.5) is 5.69 Å². The minimum absolute atomic E-state index is 0.885. The number of nitrogens with zero attached hydrogens (tertiary/aromatic N) is 1. The van der Waals surface area contributed by atoms with Crippen molar-refractivity contribution in [2.75, 3.05) is 11.4 Å². The number of hydrogen-bond acceptors (Lipinski definition) is 3. The SMILES string of the molecule is CCN1/C(=C/O)Sc2ccccc21. The summed E-state index contributed by atoms with van der Waals surface area (Å²) >= 11 is 1.61. The van der Waals surface area contributed by atoms with Crippen LogP contribution >= 0.6 is 11.8 Å². The minimum atomic E-state index is 0.885. The zero-order valence-corrected chi connectivity index (χ0v) is 8.21. The smallest absolute Gasteiger partial charge is 0.115 e. The molecule has 1 aliphatic rings. The van der Waals surface area contributed by atoms with Gasteiger partial charge in [0, 0.05) is 11.4 Å². The number of aliphatic hydroxyl groups is 1. The highest BCUT2D eigenvalue weighted by molar-refractivity contribution is 8.03. The van der Waals surface area contributed by atoms with Gasteiger partial charge in [0.1, 0.15) is 11.3 Å². The fourth-order valence-corrected chi connectivity index (χ4v) is 2.52. The summed E-state index contributed by atoms with van der Waals surface area (Å²) in [4.78, 5) is 3.31. The highest BCUT2D eigenvalue weighted by atomic mass is 32.2. The Balaban J connectivity index is 2.46. The maximum absolute atomic E-state index is 9.02. The lowest BCUT2D eigenvalue weighted by molar-refractivity contribution is 0.469. The third-order valence-electron chi connectivity index (χ3n) is 2.06. The molecule has 13 heavy (non-hydrogen) atoms. The predicted molar refractivity (Wildman–Crippen MR) is 56.0 cm³/mol. The quantitative estimate of drug-likeness (QED) is 0.693. The summed E-state index contributed by atoms with van der Waals surface area (Å²) in [6.07, 6.45) is 1.17. The first-order valence-electron chi connectivity index (χ1n) is 4.25. The van der Waals surface area contributed by atoms with Crippen LogP contribution in [0.15, 0.2) is 40.5 Å². The predicted octanol–water partition coefficient (Wildman–Crippen LogP) is 2.98. The number of hydrogen-bond donors (Lipinski definition) is 1. The van der Waals surface area contributed by atoms with Gasteiger partial charge in [0.2, 0.25) is 0 Å². The Bertz CT molecular complexity index is 349. The Hall–Kier alpha value is -1.09. The van der Waals surface area contributed by atoms with Crippen molar-refractivity contribution in [2.24, 2.45) is 0 Å². The molecule has 2 nitrogen and oxygen atoms in total. The molecule has 68 valence electrons. The van der Waals surface area contributed by atoms with Crippen molar-refractivity contribution < 1.29 is 5.11 Å². The van der Waals surface area contributed by atoms with E-state index in [4.69, 9.17) is 5.11 Å². The van der Waals surface area contributed by atoms with Crippen molar-refractivity contribution in [1.29, 1.82) is 0 Å². The lowest BCUT2D eigenvalue weighted by Gasteiger charge is -2.16. The summed E-state index contributed by atoms with van der Waals surface area (Å²) in [5, 5.41) is 9.92. The van der Waals surface area contributed by atoms with Gasteiger partial charge in [-0.05, 0) is 19.1 Å². The third-order valence-corrected chi connectivity index (χ3v) is 3.16. The van der Waals surface area contributed by atoms with Gasteiger partial charge in [-0.1, -0.05) is 23.9 Å². The number of aliphatic hydroxyl groups excluding tert-OH is 1. The van der Waals surface area contributed by atoms with Gasteiger partial charge >= 0.3 is 0 Å². The van der Waals surface area contributed by atoms with E-state index in [0.717, 1.165) is 11.6 Å². The number of rotatable bonds is 1. The van der Waals surface area contributed by atoms with Crippen LogP contribution in [0.5, 0.6) is 0 Å². The second-order valence-corrected chi connectivity index (χ2v) is 3.84. The summed E-state index contributed by atoms with van der Waals surface area (Å²) in [5.41, 5.74) is 1.19. The van der Waals surface area contributed by atoms with E-state index in [1.165, 1.54) is 16.8 Å². The molecule has 1 N–H and O–H groups in total. The second-order valence-electron chi connectivity index (χ2n) is 2.78. The van der Waals surface area contributed by atoms with Crippen LogP contribution in [0.2, 0.25) is 0 Å². The van der Waals surface area contributed by atoms with Gasteiger partial charge in [-0.2, -0.15) is 0 Å². The zero-order chi connectivity index (χ0) is 9.26. The van der Waals surface area contributed by atoms with Gasteiger partial charge < -0.3 is 10.0 Å². The molecule has 2 rings (SSSR count). The molecule has 0 unspecified atom stereocenters. The lowest BCUT2D eigenvalue weighted by atomic mass is 10.3. The molecule has 0 spiro atoms. The van der Waals surface area contributed by atoms with Crippen LogP contribution in [0.1, 0.15) is 6.92 Å². The van der Waals surface area contributed by atoms with Gasteiger partial charge in [-0.3, -0.25) is 0 Å². The molecule has 0 saturated carbocycles. The monoisotopic (exact) mass is 193 g/mol. The number of benzene rings is 1. The highest BCUT2D eigenvalue weighted by Crippen LogP contribution is 2.44. The summed E-state index contributed by atoms with van der Waals surface area (Å²) in [7, 11) is 0. The van der Waals surface area contributed by atoms with Crippen LogP contribution in [0.3, 0.4) is 0 Å². The van der Waals surface area contributed by atoms with Crippen LogP contribution < -0.4 is 4.90 Å². The molecule has 0 radical (unpaired) electrons. The number of anilines is 1. The van der Waals surface area contributed by atoms with Crippen molar-refractivity contribution in [3.8, 4) is 0 Å². The number of para-hydroxylation sites is 1. The summed E-state index contributed by atoms with van der Waals surface area (Å²) < 4.78 is 0. The fourth-order valence-electron chi connectivity index (χ4n) is 1.48. The lowest BCUT2D eigenvalue weighted by Crippen LogP contribution is -2.16. The first-order valence-corrected chi connectivity index (χ1v) is 5.07. The van der Waals surface area contributed by atoms with Crippen LogP contribution in [-0.2, 0) is 0 Å². The van der Waals surface area contributed by atoms with Crippen LogP contribution in [0.25, 0.3) is 0 Å². The third kappa shape index (κ3) is 1.29. The fraction of sp³-hybridized carbons (Fsp3) is 0.200. The zero-order valence-electron chi connectivity index (χ0n) is 7.40. The normalized spacial score (nSPS) is 17.9. The van der Waals surface area contributed by atoms with E-state index < -0.39 is 0 Å². The Morgan fingerprint density at radius 1 is 1.46 bits per heavy atom. The average Bonchev–Trinajstić information content (AvgIpc) is 2.55. The highest BCUT2D eigenvalue weighted by Gasteiger charge is 2.22. The standard InChI is InChI=1S/C10H11NOS/c1-2-11-8-5-3-4-6-9(8)13-10(11)7-12/h3-7,12H,2H2,1H3/b10-7-. The summed E-state index contributed by atoms with van der Waals surface area (Å²) in [5.74, 6) is 0. The molecule has 0 amide bonds. The molecule has 1 heterocycles. The Labute approximate surface area is 81.9 Å². The summed E-state index contributed by atoms with van der Waals surface area (Å²) in [6.45, 7) is 2.96. The maximum atomic E-state index is 9.02. The van der Waals surface area contributed by atoms with Crippen molar-refractivity contribution >= 4 is 17.4 Å². The first-order chi connectivity index (χ1) is 6.36. The minimum Gasteiger partial charge on any atom is -0.513 e. The molecule has 0 fully saturated rings. The largest absolute Gasteiger partial charge is 0.513 e. The van der Waals surface area contributed by atoms with E-state index in [1.807, 2.05) is 12.1 Å². The molecule has 1 aromatic rings. The van der Waals surface area contributed by atoms with E-state index in [0.29, 0.717) is 0 Å². The molecular weight excluding hydrogens is 182 g/mol. The molecule has 0 atom stereocenters. The van der Waals surface area contributed by atoms with Crippen molar-refractivity contribution in [3.05, 3.63) is 35.6 Å². The maximum Gasteiger partial charge on any atom is 0.115 e. The number of thioether (sulfide) groups is 1. The Kier molecular flexibility index (Phi) is 2.19. The van der Waals surface area contributed by atoms with Crippen molar-refractivity contribution in [1.82, 2.24) is 0 Å².